The fourth-order valence-corrected chi connectivity index (χ4v) is 4.07. The third-order valence-corrected chi connectivity index (χ3v) is 6.09. The Labute approximate surface area is 196 Å². The molecule has 4 aromatic rings. The molecular weight excluding hydrogens is 434 g/mol. The maximum absolute atomic E-state index is 13.9. The Morgan fingerprint density at radius 1 is 1.06 bits per heavy atom. The van der Waals surface area contributed by atoms with Crippen molar-refractivity contribution in [3.05, 3.63) is 72.6 Å². The Balaban J connectivity index is 1.62. The van der Waals surface area contributed by atoms with Crippen LogP contribution in [0.3, 0.4) is 0 Å². The number of aromatic nitrogens is 2. The largest absolute Gasteiger partial charge is 0.494 e. The minimum atomic E-state index is -0.904. The lowest BCUT2D eigenvalue weighted by molar-refractivity contribution is 0.419. The zero-order chi connectivity index (χ0) is 23.7. The number of ether oxygens (including phenoxy) is 1. The van der Waals surface area contributed by atoms with Gasteiger partial charge in [0.1, 0.15) is 11.3 Å². The first-order chi connectivity index (χ1) is 16.5. The van der Waals surface area contributed by atoms with E-state index in [2.05, 4.69) is 10.3 Å². The van der Waals surface area contributed by atoms with Gasteiger partial charge in [-0.3, -0.25) is 4.98 Å². The molecule has 1 saturated carbocycles. The molecule has 2 heterocycles. The highest BCUT2D eigenvalue weighted by molar-refractivity contribution is 6.00. The van der Waals surface area contributed by atoms with Gasteiger partial charge in [0.05, 0.1) is 12.8 Å². The number of rotatable bonds is 8. The number of hydrogen-bond acceptors (Lipinski definition) is 5. The monoisotopic (exact) mass is 458 g/mol. The Bertz CT molecular complexity index is 1370. The van der Waals surface area contributed by atoms with Crippen molar-refractivity contribution in [2.75, 3.05) is 19.0 Å². The molecule has 1 fully saturated rings. The molecule has 34 heavy (non-hydrogen) atoms. The molecule has 7 heteroatoms. The summed E-state index contributed by atoms with van der Waals surface area (Å²) in [4.78, 5) is 9.05. The van der Waals surface area contributed by atoms with Crippen LogP contribution in [-0.4, -0.2) is 29.3 Å². The fraction of sp³-hybridized carbons (Fsp3) is 0.222. The number of fused-ring (bicyclic) bond motifs is 1. The van der Waals surface area contributed by atoms with Crippen LogP contribution in [-0.2, 0) is 0 Å². The van der Waals surface area contributed by atoms with Crippen LogP contribution < -0.4 is 10.1 Å². The number of hydrogen-bond donors (Lipinski definition) is 2. The van der Waals surface area contributed by atoms with Gasteiger partial charge in [0, 0.05) is 47.7 Å². The lowest BCUT2D eigenvalue weighted by atomic mass is 10.0. The van der Waals surface area contributed by atoms with E-state index >= 15 is 0 Å². The van der Waals surface area contributed by atoms with Crippen molar-refractivity contribution >= 4 is 22.3 Å². The molecule has 0 bridgehead atoms. The van der Waals surface area contributed by atoms with Crippen LogP contribution in [0, 0.1) is 23.0 Å². The van der Waals surface area contributed by atoms with Crippen molar-refractivity contribution in [1.29, 1.82) is 5.41 Å². The lowest BCUT2D eigenvalue weighted by Gasteiger charge is -2.16. The Hall–Kier alpha value is -3.87. The number of methoxy groups -OCH3 is 1. The molecule has 0 aliphatic heterocycles. The Kier molecular flexibility index (Phi) is 5.92. The summed E-state index contributed by atoms with van der Waals surface area (Å²) in [6, 6.07) is 13.3. The molecule has 5 rings (SSSR count). The highest BCUT2D eigenvalue weighted by Crippen LogP contribution is 2.38. The standard InChI is InChI=1S/C27H24F2N4O/c1-34-26-13-19(17-6-7-21(28)22(29)12-17)11-20-25(32-10-8-23(30)16-4-5-16)14-24(33-27(20)26)18-3-2-9-31-15-18/h2-3,6-7,9,11-16,30H,4-5,8,10H2,1H3,(H,32,33). The fourth-order valence-electron chi connectivity index (χ4n) is 4.07. The van der Waals surface area contributed by atoms with E-state index < -0.39 is 11.6 Å². The summed E-state index contributed by atoms with van der Waals surface area (Å²) >= 11 is 0. The summed E-state index contributed by atoms with van der Waals surface area (Å²) < 4.78 is 33.1. The number of anilines is 1. The number of benzene rings is 2. The van der Waals surface area contributed by atoms with Crippen molar-refractivity contribution in [3.63, 3.8) is 0 Å². The topological polar surface area (TPSA) is 70.9 Å². The summed E-state index contributed by atoms with van der Waals surface area (Å²) in [6.07, 6.45) is 6.34. The molecule has 0 radical (unpaired) electrons. The second-order valence-electron chi connectivity index (χ2n) is 8.48. The van der Waals surface area contributed by atoms with E-state index in [-0.39, 0.29) is 0 Å². The molecule has 172 valence electrons. The summed E-state index contributed by atoms with van der Waals surface area (Å²) in [5.41, 5.74) is 5.08. The zero-order valence-electron chi connectivity index (χ0n) is 18.7. The van der Waals surface area contributed by atoms with Gasteiger partial charge in [0.25, 0.3) is 0 Å². The molecule has 1 aliphatic rings. The Morgan fingerprint density at radius 2 is 1.91 bits per heavy atom. The number of pyridine rings is 2. The molecule has 1 aliphatic carbocycles. The lowest BCUT2D eigenvalue weighted by Crippen LogP contribution is -2.10. The van der Waals surface area contributed by atoms with Crippen molar-refractivity contribution in [2.45, 2.75) is 19.3 Å². The highest BCUT2D eigenvalue weighted by Gasteiger charge is 2.25. The van der Waals surface area contributed by atoms with Gasteiger partial charge in [-0.2, -0.15) is 0 Å². The molecule has 2 aromatic carbocycles. The van der Waals surface area contributed by atoms with Crippen LogP contribution in [0.4, 0.5) is 14.5 Å². The van der Waals surface area contributed by atoms with Crippen LogP contribution >= 0.6 is 0 Å². The number of nitrogens with one attached hydrogen (secondary N) is 2. The third kappa shape index (κ3) is 4.46. The minimum Gasteiger partial charge on any atom is -0.494 e. The molecule has 0 atom stereocenters. The van der Waals surface area contributed by atoms with E-state index in [1.165, 1.54) is 6.07 Å². The van der Waals surface area contributed by atoms with E-state index in [4.69, 9.17) is 15.1 Å². The summed E-state index contributed by atoms with van der Waals surface area (Å²) in [7, 11) is 1.56. The first-order valence-electron chi connectivity index (χ1n) is 11.2. The van der Waals surface area contributed by atoms with E-state index in [1.807, 2.05) is 24.3 Å². The Morgan fingerprint density at radius 3 is 2.62 bits per heavy atom. The molecule has 5 nitrogen and oxygen atoms in total. The molecular formula is C27H24F2N4O. The van der Waals surface area contributed by atoms with Crippen molar-refractivity contribution < 1.29 is 13.5 Å². The van der Waals surface area contributed by atoms with Crippen LogP contribution in [0.2, 0.25) is 0 Å². The maximum atomic E-state index is 13.9. The van der Waals surface area contributed by atoms with Gasteiger partial charge < -0.3 is 15.5 Å². The van der Waals surface area contributed by atoms with E-state index in [1.54, 1.807) is 31.6 Å². The van der Waals surface area contributed by atoms with Gasteiger partial charge >= 0.3 is 0 Å². The maximum Gasteiger partial charge on any atom is 0.159 e. The molecule has 0 amide bonds. The number of nitrogens with zero attached hydrogens (tertiary/aromatic N) is 2. The quantitative estimate of drug-likeness (QED) is 0.296. The second-order valence-corrected chi connectivity index (χ2v) is 8.48. The van der Waals surface area contributed by atoms with Gasteiger partial charge in [-0.05, 0) is 72.4 Å². The van der Waals surface area contributed by atoms with Crippen molar-refractivity contribution in [1.82, 2.24) is 9.97 Å². The second kappa shape index (κ2) is 9.17. The normalized spacial score (nSPS) is 13.1. The molecule has 0 saturated heterocycles. The predicted molar refractivity (Wildman–Crippen MR) is 130 cm³/mol. The average Bonchev–Trinajstić information content (AvgIpc) is 3.71. The minimum absolute atomic E-state index is 0.432. The van der Waals surface area contributed by atoms with Crippen LogP contribution in [0.15, 0.2) is 60.9 Å². The highest BCUT2D eigenvalue weighted by atomic mass is 19.2. The van der Waals surface area contributed by atoms with Gasteiger partial charge in [0.15, 0.2) is 11.6 Å². The van der Waals surface area contributed by atoms with Gasteiger partial charge in [-0.1, -0.05) is 6.07 Å². The zero-order valence-corrected chi connectivity index (χ0v) is 18.7. The molecule has 0 spiro atoms. The SMILES string of the molecule is COc1cc(-c2ccc(F)c(F)c2)cc2c(NCCC(=N)C3CC3)cc(-c3cccnc3)nc12. The molecule has 0 unspecified atom stereocenters. The van der Waals surface area contributed by atoms with Crippen LogP contribution in [0.25, 0.3) is 33.3 Å². The van der Waals surface area contributed by atoms with Crippen LogP contribution in [0.1, 0.15) is 19.3 Å². The van der Waals surface area contributed by atoms with Gasteiger partial charge in [-0.15, -0.1) is 0 Å². The van der Waals surface area contributed by atoms with Gasteiger partial charge in [-0.25, -0.2) is 13.8 Å². The van der Waals surface area contributed by atoms with Gasteiger partial charge in [0.2, 0.25) is 0 Å². The van der Waals surface area contributed by atoms with E-state index in [9.17, 15) is 8.78 Å². The third-order valence-electron chi connectivity index (χ3n) is 6.09. The van der Waals surface area contributed by atoms with E-state index in [0.717, 1.165) is 47.0 Å². The average molecular weight is 459 g/mol. The van der Waals surface area contributed by atoms with Crippen molar-refractivity contribution in [3.8, 4) is 28.1 Å². The predicted octanol–water partition coefficient (Wildman–Crippen LogP) is 6.48. The first kappa shape index (κ1) is 21.9. The van der Waals surface area contributed by atoms with Crippen molar-refractivity contribution in [2.24, 2.45) is 5.92 Å². The summed E-state index contributed by atoms with van der Waals surface area (Å²) in [5, 5.41) is 12.5. The summed E-state index contributed by atoms with van der Waals surface area (Å²) in [5.74, 6) is -0.836. The first-order valence-corrected chi connectivity index (χ1v) is 11.2. The van der Waals surface area contributed by atoms with Crippen LogP contribution in [0.5, 0.6) is 5.75 Å². The smallest absolute Gasteiger partial charge is 0.159 e. The molecule has 2 aromatic heterocycles. The van der Waals surface area contributed by atoms with E-state index in [0.29, 0.717) is 41.3 Å². The number of halogens is 2. The summed E-state index contributed by atoms with van der Waals surface area (Å²) in [6.45, 7) is 0.610. The molecule has 2 N–H and O–H groups in total.